The van der Waals surface area contributed by atoms with Gasteiger partial charge in [0.15, 0.2) is 22.8 Å². The lowest BCUT2D eigenvalue weighted by Gasteiger charge is -1.99. The molecule has 0 aliphatic carbocycles. The molecule has 5 heteroatoms. The largest absolute Gasteiger partial charge is 0.382 e. The van der Waals surface area contributed by atoms with Gasteiger partial charge in [-0.2, -0.15) is 0 Å². The maximum Gasteiger partial charge on any atom is 0.187 e. The Morgan fingerprint density at radius 1 is 1.18 bits per heavy atom. The zero-order chi connectivity index (χ0) is 15.4. The molecule has 3 aromatic rings. The van der Waals surface area contributed by atoms with Crippen molar-refractivity contribution >= 4 is 17.0 Å². The molecule has 0 saturated carbocycles. The lowest BCUT2D eigenvalue weighted by atomic mass is 10.1. The number of hydrogen-bond donors (Lipinski definition) is 1. The standard InChI is InChI=1S/C17H17N5/c1-2-22-14(21-15-16(18)19-12-20-17(15)22)11-7-6-10-13-8-4-3-5-9-13/h3-5,8-9,12H,2,6,10H2,1H3,(H2,18,19,20). The monoisotopic (exact) mass is 291 g/mol. The maximum absolute atomic E-state index is 5.85. The molecule has 110 valence electrons. The van der Waals surface area contributed by atoms with Crippen LogP contribution >= 0.6 is 0 Å². The van der Waals surface area contributed by atoms with Gasteiger partial charge in [-0.05, 0) is 24.8 Å². The van der Waals surface area contributed by atoms with E-state index in [1.165, 1.54) is 11.9 Å². The van der Waals surface area contributed by atoms with Gasteiger partial charge >= 0.3 is 0 Å². The van der Waals surface area contributed by atoms with Gasteiger partial charge in [-0.1, -0.05) is 36.3 Å². The highest BCUT2D eigenvalue weighted by molar-refractivity contribution is 5.82. The van der Waals surface area contributed by atoms with Gasteiger partial charge in [0.1, 0.15) is 6.33 Å². The fourth-order valence-corrected chi connectivity index (χ4v) is 2.34. The van der Waals surface area contributed by atoms with E-state index < -0.39 is 0 Å². The molecule has 5 nitrogen and oxygen atoms in total. The third-order valence-electron chi connectivity index (χ3n) is 3.46. The second-order valence-electron chi connectivity index (χ2n) is 4.90. The van der Waals surface area contributed by atoms with E-state index in [4.69, 9.17) is 5.73 Å². The van der Waals surface area contributed by atoms with Crippen LogP contribution in [0.4, 0.5) is 5.82 Å². The molecular weight excluding hydrogens is 274 g/mol. The van der Waals surface area contributed by atoms with E-state index in [1.807, 2.05) is 29.7 Å². The predicted molar refractivity (Wildman–Crippen MR) is 87.1 cm³/mol. The van der Waals surface area contributed by atoms with Crippen LogP contribution < -0.4 is 5.73 Å². The summed E-state index contributed by atoms with van der Waals surface area (Å²) >= 11 is 0. The van der Waals surface area contributed by atoms with Crippen LogP contribution in [0.5, 0.6) is 0 Å². The van der Waals surface area contributed by atoms with Crippen molar-refractivity contribution in [3.05, 3.63) is 48.0 Å². The number of nitrogen functional groups attached to an aromatic ring is 1. The van der Waals surface area contributed by atoms with Crippen LogP contribution in [-0.4, -0.2) is 19.5 Å². The fourth-order valence-electron chi connectivity index (χ4n) is 2.34. The number of anilines is 1. The first-order valence-corrected chi connectivity index (χ1v) is 7.29. The van der Waals surface area contributed by atoms with Crippen LogP contribution in [0.3, 0.4) is 0 Å². The summed E-state index contributed by atoms with van der Waals surface area (Å²) in [6.45, 7) is 2.78. The third kappa shape index (κ3) is 2.77. The minimum Gasteiger partial charge on any atom is -0.382 e. The molecule has 0 saturated heterocycles. The van der Waals surface area contributed by atoms with Gasteiger partial charge in [0.25, 0.3) is 0 Å². The molecule has 2 aromatic heterocycles. The normalized spacial score (nSPS) is 10.4. The molecule has 0 bridgehead atoms. The fraction of sp³-hybridized carbons (Fsp3) is 0.235. The summed E-state index contributed by atoms with van der Waals surface area (Å²) in [5, 5.41) is 0. The average molecular weight is 291 g/mol. The molecule has 0 aliphatic rings. The van der Waals surface area contributed by atoms with Gasteiger partial charge in [0, 0.05) is 13.0 Å². The average Bonchev–Trinajstić information content (AvgIpc) is 2.91. The molecule has 0 aliphatic heterocycles. The molecule has 0 atom stereocenters. The summed E-state index contributed by atoms with van der Waals surface area (Å²) in [6, 6.07) is 10.3. The van der Waals surface area contributed by atoms with Gasteiger partial charge in [0.05, 0.1) is 0 Å². The zero-order valence-electron chi connectivity index (χ0n) is 12.5. The van der Waals surface area contributed by atoms with Gasteiger partial charge in [-0.25, -0.2) is 15.0 Å². The van der Waals surface area contributed by atoms with Crippen LogP contribution in [0.25, 0.3) is 11.2 Å². The summed E-state index contributed by atoms with van der Waals surface area (Å²) in [4.78, 5) is 12.7. The minimum atomic E-state index is 0.393. The summed E-state index contributed by atoms with van der Waals surface area (Å²) in [6.07, 6.45) is 3.18. The SMILES string of the molecule is CCn1c(C#CCCc2ccccc2)nc2c(N)ncnc21. The van der Waals surface area contributed by atoms with Crippen molar-refractivity contribution in [3.8, 4) is 11.8 Å². The molecule has 2 N–H and O–H groups in total. The Balaban J connectivity index is 1.82. The lowest BCUT2D eigenvalue weighted by molar-refractivity contribution is 0.765. The van der Waals surface area contributed by atoms with E-state index in [0.717, 1.165) is 25.0 Å². The van der Waals surface area contributed by atoms with Crippen LogP contribution in [0, 0.1) is 11.8 Å². The van der Waals surface area contributed by atoms with Gasteiger partial charge in [-0.15, -0.1) is 0 Å². The molecule has 2 heterocycles. The maximum atomic E-state index is 5.85. The van der Waals surface area contributed by atoms with E-state index in [0.29, 0.717) is 17.2 Å². The summed E-state index contributed by atoms with van der Waals surface area (Å²) in [5.41, 5.74) is 8.50. The van der Waals surface area contributed by atoms with E-state index >= 15 is 0 Å². The van der Waals surface area contributed by atoms with Crippen molar-refractivity contribution in [3.63, 3.8) is 0 Å². The van der Waals surface area contributed by atoms with Crippen molar-refractivity contribution < 1.29 is 0 Å². The molecule has 0 unspecified atom stereocenters. The highest BCUT2D eigenvalue weighted by Crippen LogP contribution is 2.17. The molecule has 22 heavy (non-hydrogen) atoms. The summed E-state index contributed by atoms with van der Waals surface area (Å²) in [7, 11) is 0. The van der Waals surface area contributed by atoms with Crippen LogP contribution in [0.2, 0.25) is 0 Å². The zero-order valence-corrected chi connectivity index (χ0v) is 12.5. The molecule has 1 aromatic carbocycles. The number of aromatic nitrogens is 4. The van der Waals surface area contributed by atoms with E-state index in [-0.39, 0.29) is 0 Å². The Morgan fingerprint density at radius 3 is 2.77 bits per heavy atom. The highest BCUT2D eigenvalue weighted by Gasteiger charge is 2.11. The second-order valence-corrected chi connectivity index (χ2v) is 4.90. The topological polar surface area (TPSA) is 69.6 Å². The summed E-state index contributed by atoms with van der Waals surface area (Å²) in [5.74, 6) is 7.40. The van der Waals surface area contributed by atoms with Gasteiger partial charge in [-0.3, -0.25) is 0 Å². The van der Waals surface area contributed by atoms with Gasteiger partial charge in [0.2, 0.25) is 0 Å². The Bertz CT molecular complexity index is 840. The molecule has 0 radical (unpaired) electrons. The van der Waals surface area contributed by atoms with Crippen molar-refractivity contribution in [2.24, 2.45) is 0 Å². The van der Waals surface area contributed by atoms with Crippen molar-refractivity contribution in [1.82, 2.24) is 19.5 Å². The van der Waals surface area contributed by atoms with Gasteiger partial charge < -0.3 is 10.3 Å². The van der Waals surface area contributed by atoms with Crippen molar-refractivity contribution in [2.45, 2.75) is 26.3 Å². The second kappa shape index (κ2) is 6.27. The predicted octanol–water partition coefficient (Wildman–Crippen LogP) is 2.41. The number of hydrogen-bond acceptors (Lipinski definition) is 4. The van der Waals surface area contributed by atoms with E-state index in [1.54, 1.807) is 0 Å². The first kappa shape index (κ1) is 14.1. The number of nitrogens with zero attached hydrogens (tertiary/aromatic N) is 4. The van der Waals surface area contributed by atoms with Crippen LogP contribution in [0.15, 0.2) is 36.7 Å². The summed E-state index contributed by atoms with van der Waals surface area (Å²) < 4.78 is 1.96. The molecule has 3 rings (SSSR count). The molecule has 0 fully saturated rings. The number of nitrogens with two attached hydrogens (primary N) is 1. The minimum absolute atomic E-state index is 0.393. The number of fused-ring (bicyclic) bond motifs is 1. The third-order valence-corrected chi connectivity index (χ3v) is 3.46. The first-order valence-electron chi connectivity index (χ1n) is 7.29. The van der Waals surface area contributed by atoms with Crippen molar-refractivity contribution in [2.75, 3.05) is 5.73 Å². The highest BCUT2D eigenvalue weighted by atomic mass is 15.1. The van der Waals surface area contributed by atoms with Crippen molar-refractivity contribution in [1.29, 1.82) is 0 Å². The van der Waals surface area contributed by atoms with E-state index in [9.17, 15) is 0 Å². The quantitative estimate of drug-likeness (QED) is 0.752. The Labute approximate surface area is 129 Å². The molecule has 0 spiro atoms. The Kier molecular flexibility index (Phi) is 4.01. The number of aryl methyl sites for hydroxylation is 2. The van der Waals surface area contributed by atoms with Crippen LogP contribution in [-0.2, 0) is 13.0 Å². The van der Waals surface area contributed by atoms with E-state index in [2.05, 4.69) is 38.9 Å². The smallest absolute Gasteiger partial charge is 0.187 e. The Hall–Kier alpha value is -2.87. The number of benzene rings is 1. The van der Waals surface area contributed by atoms with Crippen LogP contribution in [0.1, 0.15) is 24.7 Å². The number of rotatable bonds is 3. The Morgan fingerprint density at radius 2 is 2.00 bits per heavy atom. The molecule has 0 amide bonds. The first-order chi connectivity index (χ1) is 10.8. The lowest BCUT2D eigenvalue weighted by Crippen LogP contribution is -1.99. The number of imidazole rings is 1. The molecular formula is C17H17N5.